The van der Waals surface area contributed by atoms with Gasteiger partial charge in [-0.3, -0.25) is 4.79 Å². The molecule has 1 heterocycles. The van der Waals surface area contributed by atoms with Crippen LogP contribution in [0.5, 0.6) is 0 Å². The molecule has 0 unspecified atom stereocenters. The Balaban J connectivity index is 1.50. The van der Waals surface area contributed by atoms with E-state index in [0.717, 1.165) is 11.8 Å². The summed E-state index contributed by atoms with van der Waals surface area (Å²) in [6, 6.07) is 5.57. The normalized spacial score (nSPS) is 38.0. The summed E-state index contributed by atoms with van der Waals surface area (Å²) in [5, 5.41) is 3.62. The van der Waals surface area contributed by atoms with Gasteiger partial charge in [-0.15, -0.1) is 0 Å². The summed E-state index contributed by atoms with van der Waals surface area (Å²) < 4.78 is 0. The van der Waals surface area contributed by atoms with Gasteiger partial charge in [-0.05, 0) is 67.9 Å². The van der Waals surface area contributed by atoms with Gasteiger partial charge in [0.05, 0.1) is 0 Å². The number of aromatic nitrogens is 1. The minimum atomic E-state index is -0.0648. The molecule has 4 heteroatoms. The maximum atomic E-state index is 12.4. The maximum Gasteiger partial charge on any atom is 0.270 e. The topological polar surface area (TPSA) is 42.0 Å². The van der Waals surface area contributed by atoms with Crippen LogP contribution in [-0.4, -0.2) is 16.9 Å². The molecule has 4 aliphatic rings. The van der Waals surface area contributed by atoms with E-state index >= 15 is 0 Å². The van der Waals surface area contributed by atoms with Crippen molar-refractivity contribution >= 4 is 17.5 Å². The lowest BCUT2D eigenvalue weighted by atomic mass is 9.54. The average Bonchev–Trinajstić information content (AvgIpc) is 2.42. The van der Waals surface area contributed by atoms with E-state index in [1.165, 1.54) is 32.1 Å². The average molecular weight is 291 g/mol. The van der Waals surface area contributed by atoms with E-state index in [-0.39, 0.29) is 5.91 Å². The predicted molar refractivity (Wildman–Crippen MR) is 77.5 cm³/mol. The number of amides is 1. The smallest absolute Gasteiger partial charge is 0.270 e. The number of nitrogens with one attached hydrogen (secondary N) is 1. The Hall–Kier alpha value is -1.09. The third-order valence-corrected chi connectivity index (χ3v) is 5.68. The van der Waals surface area contributed by atoms with Crippen LogP contribution in [0, 0.1) is 23.7 Å². The summed E-state index contributed by atoms with van der Waals surface area (Å²) in [6.07, 6.45) is 6.66. The second-order valence-corrected chi connectivity index (χ2v) is 7.16. The fraction of sp³-hybridized carbons (Fsp3) is 0.625. The standard InChI is InChI=1S/C16H19ClN2O/c17-14-3-1-2-13(18-14)16(20)19-15-11-5-9-4-10(7-11)8-12(15)6-9/h1-3,9-12,15H,4-8H2,(H,19,20). The molecular formula is C16H19ClN2O. The Morgan fingerprint density at radius 1 is 1.10 bits per heavy atom. The largest absolute Gasteiger partial charge is 0.347 e. The number of carbonyl (C=O) groups is 1. The van der Waals surface area contributed by atoms with Gasteiger partial charge in [0, 0.05) is 6.04 Å². The quantitative estimate of drug-likeness (QED) is 0.849. The van der Waals surface area contributed by atoms with Gasteiger partial charge in [0.2, 0.25) is 0 Å². The maximum absolute atomic E-state index is 12.4. The molecule has 1 aromatic rings. The Kier molecular flexibility index (Phi) is 2.99. The van der Waals surface area contributed by atoms with Crippen molar-refractivity contribution in [3.05, 3.63) is 29.0 Å². The number of hydrogen-bond acceptors (Lipinski definition) is 2. The van der Waals surface area contributed by atoms with Crippen molar-refractivity contribution in [1.82, 2.24) is 10.3 Å². The van der Waals surface area contributed by atoms with Gasteiger partial charge in [-0.25, -0.2) is 4.98 Å². The number of hydrogen-bond donors (Lipinski definition) is 1. The third-order valence-electron chi connectivity index (χ3n) is 5.47. The number of halogens is 1. The van der Waals surface area contributed by atoms with Gasteiger partial charge in [-0.2, -0.15) is 0 Å². The molecule has 106 valence electrons. The number of pyridine rings is 1. The molecule has 0 saturated heterocycles. The highest BCUT2D eigenvalue weighted by molar-refractivity contribution is 6.29. The van der Waals surface area contributed by atoms with Gasteiger partial charge in [-0.1, -0.05) is 17.7 Å². The minimum absolute atomic E-state index is 0.0648. The van der Waals surface area contributed by atoms with E-state index in [0.29, 0.717) is 28.7 Å². The first-order chi connectivity index (χ1) is 9.69. The van der Waals surface area contributed by atoms with Crippen molar-refractivity contribution in [3.63, 3.8) is 0 Å². The van der Waals surface area contributed by atoms with E-state index in [1.54, 1.807) is 18.2 Å². The van der Waals surface area contributed by atoms with Gasteiger partial charge >= 0.3 is 0 Å². The molecule has 4 fully saturated rings. The molecule has 1 N–H and O–H groups in total. The van der Waals surface area contributed by atoms with E-state index in [4.69, 9.17) is 11.6 Å². The molecule has 4 bridgehead atoms. The molecule has 0 radical (unpaired) electrons. The summed E-state index contributed by atoms with van der Waals surface area (Å²) in [5.74, 6) is 3.17. The molecule has 0 spiro atoms. The first-order valence-corrected chi connectivity index (χ1v) is 8.00. The lowest BCUT2D eigenvalue weighted by molar-refractivity contribution is -0.0120. The van der Waals surface area contributed by atoms with Crippen LogP contribution in [0.1, 0.15) is 42.6 Å². The van der Waals surface area contributed by atoms with Crippen molar-refractivity contribution in [3.8, 4) is 0 Å². The molecule has 4 aliphatic carbocycles. The summed E-state index contributed by atoms with van der Waals surface area (Å²) in [5.41, 5.74) is 0.436. The molecule has 0 aliphatic heterocycles. The zero-order chi connectivity index (χ0) is 13.7. The monoisotopic (exact) mass is 290 g/mol. The van der Waals surface area contributed by atoms with E-state index < -0.39 is 0 Å². The van der Waals surface area contributed by atoms with Gasteiger partial charge in [0.25, 0.3) is 5.91 Å². The Morgan fingerprint density at radius 3 is 2.35 bits per heavy atom. The third kappa shape index (κ3) is 2.12. The van der Waals surface area contributed by atoms with Gasteiger partial charge in [0.1, 0.15) is 10.8 Å². The first kappa shape index (κ1) is 12.6. The highest BCUT2D eigenvalue weighted by atomic mass is 35.5. The fourth-order valence-corrected chi connectivity index (χ4v) is 5.08. The van der Waals surface area contributed by atoms with Crippen molar-refractivity contribution in [2.45, 2.75) is 38.1 Å². The summed E-state index contributed by atoms with van der Waals surface area (Å²) in [6.45, 7) is 0. The second kappa shape index (κ2) is 4.73. The van der Waals surface area contributed by atoms with E-state index in [2.05, 4.69) is 10.3 Å². The summed E-state index contributed by atoms with van der Waals surface area (Å²) >= 11 is 5.86. The molecule has 4 saturated carbocycles. The van der Waals surface area contributed by atoms with Crippen molar-refractivity contribution < 1.29 is 4.79 Å². The highest BCUT2D eigenvalue weighted by Gasteiger charge is 2.48. The van der Waals surface area contributed by atoms with Crippen LogP contribution in [0.4, 0.5) is 0 Å². The Morgan fingerprint density at radius 2 is 1.75 bits per heavy atom. The highest BCUT2D eigenvalue weighted by Crippen LogP contribution is 2.53. The van der Waals surface area contributed by atoms with Gasteiger partial charge < -0.3 is 5.32 Å². The number of nitrogens with zero attached hydrogens (tertiary/aromatic N) is 1. The van der Waals surface area contributed by atoms with Crippen LogP contribution in [0.15, 0.2) is 18.2 Å². The molecular weight excluding hydrogens is 272 g/mol. The Labute approximate surface area is 124 Å². The van der Waals surface area contributed by atoms with E-state index in [1.807, 2.05) is 0 Å². The number of carbonyl (C=O) groups excluding carboxylic acids is 1. The van der Waals surface area contributed by atoms with Crippen molar-refractivity contribution in [2.24, 2.45) is 23.7 Å². The lowest BCUT2D eigenvalue weighted by Gasteiger charge is -2.54. The second-order valence-electron chi connectivity index (χ2n) is 6.78. The zero-order valence-electron chi connectivity index (χ0n) is 11.4. The summed E-state index contributed by atoms with van der Waals surface area (Å²) in [7, 11) is 0. The zero-order valence-corrected chi connectivity index (χ0v) is 12.1. The van der Waals surface area contributed by atoms with Crippen LogP contribution in [0.2, 0.25) is 5.15 Å². The predicted octanol–water partition coefficient (Wildman–Crippen LogP) is 3.29. The molecule has 20 heavy (non-hydrogen) atoms. The minimum Gasteiger partial charge on any atom is -0.347 e. The molecule has 5 rings (SSSR count). The van der Waals surface area contributed by atoms with Crippen LogP contribution in [0.25, 0.3) is 0 Å². The molecule has 1 amide bonds. The van der Waals surface area contributed by atoms with E-state index in [9.17, 15) is 4.79 Å². The molecule has 0 atom stereocenters. The van der Waals surface area contributed by atoms with Crippen LogP contribution >= 0.6 is 11.6 Å². The first-order valence-electron chi connectivity index (χ1n) is 7.62. The molecule has 1 aromatic heterocycles. The van der Waals surface area contributed by atoms with Crippen LogP contribution in [0.3, 0.4) is 0 Å². The van der Waals surface area contributed by atoms with Gasteiger partial charge in [0.15, 0.2) is 0 Å². The number of rotatable bonds is 2. The lowest BCUT2D eigenvalue weighted by Crippen LogP contribution is -2.55. The van der Waals surface area contributed by atoms with Crippen LogP contribution < -0.4 is 5.32 Å². The SMILES string of the molecule is O=C(NC1C2CC3CC(C2)CC1C3)c1cccc(Cl)n1. The van der Waals surface area contributed by atoms with Crippen molar-refractivity contribution in [2.75, 3.05) is 0 Å². The van der Waals surface area contributed by atoms with Crippen molar-refractivity contribution in [1.29, 1.82) is 0 Å². The molecule has 0 aromatic carbocycles. The fourth-order valence-electron chi connectivity index (χ4n) is 4.92. The molecule has 3 nitrogen and oxygen atoms in total. The van der Waals surface area contributed by atoms with Crippen LogP contribution in [-0.2, 0) is 0 Å². The summed E-state index contributed by atoms with van der Waals surface area (Å²) in [4.78, 5) is 16.5. The Bertz CT molecular complexity index is 517.